The van der Waals surface area contributed by atoms with Crippen molar-refractivity contribution in [2.45, 2.75) is 19.3 Å². The average Bonchev–Trinajstić information content (AvgIpc) is 3.45. The summed E-state index contributed by atoms with van der Waals surface area (Å²) >= 11 is 0. The fourth-order valence-corrected chi connectivity index (χ4v) is 4.07. The summed E-state index contributed by atoms with van der Waals surface area (Å²) in [4.78, 5) is 12.9. The van der Waals surface area contributed by atoms with E-state index in [0.717, 1.165) is 52.9 Å². The molecule has 1 aliphatic heterocycles. The highest BCUT2D eigenvalue weighted by Crippen LogP contribution is 2.32. The van der Waals surface area contributed by atoms with Gasteiger partial charge in [-0.3, -0.25) is 0 Å². The van der Waals surface area contributed by atoms with Gasteiger partial charge in [0.15, 0.2) is 5.76 Å². The van der Waals surface area contributed by atoms with Gasteiger partial charge in [-0.25, -0.2) is 19.6 Å². The minimum atomic E-state index is 0.656. The Morgan fingerprint density at radius 3 is 2.77 bits per heavy atom. The summed E-state index contributed by atoms with van der Waals surface area (Å²) in [7, 11) is 0. The van der Waals surface area contributed by atoms with E-state index in [0.29, 0.717) is 11.6 Å². The smallest absolute Gasteiger partial charge is 0.169 e. The topological polar surface area (TPSA) is 87.0 Å². The monoisotopic (exact) mass is 462 g/mol. The Balaban J connectivity index is 1.23. The molecule has 8 nitrogen and oxygen atoms in total. The van der Waals surface area contributed by atoms with Crippen LogP contribution in [-0.4, -0.2) is 24.7 Å². The predicted octanol–water partition coefficient (Wildman–Crippen LogP) is 5.81. The summed E-state index contributed by atoms with van der Waals surface area (Å²) in [6.45, 7) is 0. The van der Waals surface area contributed by atoms with Gasteiger partial charge in [-0.2, -0.15) is 5.10 Å². The molecule has 8 heteroatoms. The molecule has 3 heterocycles. The Morgan fingerprint density at radius 1 is 1.00 bits per heavy atom. The first-order chi connectivity index (χ1) is 17.3. The zero-order chi connectivity index (χ0) is 23.5. The van der Waals surface area contributed by atoms with E-state index < -0.39 is 0 Å². The number of hydrogen-bond acceptors (Lipinski definition) is 7. The molecule has 2 aliphatic rings. The SMILES string of the molecule is C1=CCCC(CC2=COC=C(c3ccc4ncnc(Nc5ccc(-n6cncn6)cc5)c4c3)O2)=C1. The average molecular weight is 463 g/mol. The Hall–Kier alpha value is -4.72. The van der Waals surface area contributed by atoms with Crippen molar-refractivity contribution >= 4 is 28.2 Å². The molecule has 172 valence electrons. The van der Waals surface area contributed by atoms with E-state index >= 15 is 0 Å². The van der Waals surface area contributed by atoms with Crippen molar-refractivity contribution < 1.29 is 9.47 Å². The van der Waals surface area contributed by atoms with Crippen LogP contribution in [0.5, 0.6) is 0 Å². The third-order valence-corrected chi connectivity index (χ3v) is 5.85. The summed E-state index contributed by atoms with van der Waals surface area (Å²) < 4.78 is 13.5. The van der Waals surface area contributed by atoms with E-state index in [2.05, 4.69) is 43.6 Å². The second kappa shape index (κ2) is 9.26. The maximum Gasteiger partial charge on any atom is 0.169 e. The first-order valence-corrected chi connectivity index (χ1v) is 11.4. The molecule has 0 unspecified atom stereocenters. The van der Waals surface area contributed by atoms with Gasteiger partial charge in [0.2, 0.25) is 0 Å². The number of nitrogens with zero attached hydrogens (tertiary/aromatic N) is 5. The molecule has 0 atom stereocenters. The Bertz CT molecular complexity index is 1480. The van der Waals surface area contributed by atoms with Crippen molar-refractivity contribution in [3.8, 4) is 5.69 Å². The van der Waals surface area contributed by atoms with Crippen LogP contribution in [0.4, 0.5) is 11.5 Å². The maximum atomic E-state index is 6.19. The quantitative estimate of drug-likeness (QED) is 0.387. The fourth-order valence-electron chi connectivity index (χ4n) is 4.07. The minimum absolute atomic E-state index is 0.656. The van der Waals surface area contributed by atoms with Gasteiger partial charge in [-0.15, -0.1) is 0 Å². The van der Waals surface area contributed by atoms with Crippen molar-refractivity contribution in [3.63, 3.8) is 0 Å². The van der Waals surface area contributed by atoms with Crippen LogP contribution in [0.1, 0.15) is 24.8 Å². The molecule has 2 aromatic carbocycles. The third-order valence-electron chi connectivity index (χ3n) is 5.85. The highest BCUT2D eigenvalue weighted by Gasteiger charge is 2.16. The molecule has 0 saturated carbocycles. The zero-order valence-electron chi connectivity index (χ0n) is 18.8. The molecule has 0 bridgehead atoms. The first kappa shape index (κ1) is 20.9. The van der Waals surface area contributed by atoms with Crippen LogP contribution in [0.3, 0.4) is 0 Å². The summed E-state index contributed by atoms with van der Waals surface area (Å²) in [6, 6.07) is 13.8. The number of ether oxygens (including phenoxy) is 2. The van der Waals surface area contributed by atoms with Crippen molar-refractivity contribution in [1.82, 2.24) is 24.7 Å². The summed E-state index contributed by atoms with van der Waals surface area (Å²) in [5, 5.41) is 8.44. The van der Waals surface area contributed by atoms with Crippen LogP contribution in [-0.2, 0) is 9.47 Å². The number of nitrogens with one attached hydrogen (secondary N) is 1. The van der Waals surface area contributed by atoms with Gasteiger partial charge in [-0.05, 0) is 55.3 Å². The standard InChI is InChI=1S/C27H22N6O2/c1-2-4-19(5-3-1)12-23-14-34-15-26(35-23)20-6-11-25-24(13-20)27(30-17-29-25)32-21-7-9-22(10-8-21)33-18-28-16-31-33/h1-2,4,6-11,13-18H,3,5,12H2,(H,29,30,32). The van der Waals surface area contributed by atoms with Crippen molar-refractivity contribution in [2.75, 3.05) is 5.32 Å². The van der Waals surface area contributed by atoms with Crippen LogP contribution in [0.25, 0.3) is 22.3 Å². The second-order valence-electron chi connectivity index (χ2n) is 8.24. The van der Waals surface area contributed by atoms with E-state index in [4.69, 9.17) is 9.47 Å². The van der Waals surface area contributed by atoms with Gasteiger partial charge in [0.05, 0.1) is 11.2 Å². The van der Waals surface area contributed by atoms with Crippen molar-refractivity contribution in [1.29, 1.82) is 0 Å². The van der Waals surface area contributed by atoms with E-state index in [1.165, 1.54) is 11.9 Å². The van der Waals surface area contributed by atoms with E-state index in [9.17, 15) is 0 Å². The molecular weight excluding hydrogens is 440 g/mol. The highest BCUT2D eigenvalue weighted by molar-refractivity contribution is 5.92. The number of anilines is 2. The zero-order valence-corrected chi connectivity index (χ0v) is 18.8. The first-order valence-electron chi connectivity index (χ1n) is 11.4. The van der Waals surface area contributed by atoms with E-state index in [1.807, 2.05) is 42.5 Å². The van der Waals surface area contributed by atoms with Crippen molar-refractivity contribution in [3.05, 3.63) is 109 Å². The van der Waals surface area contributed by atoms with Crippen molar-refractivity contribution in [2.24, 2.45) is 0 Å². The second-order valence-corrected chi connectivity index (χ2v) is 8.24. The maximum absolute atomic E-state index is 6.19. The molecule has 0 fully saturated rings. The molecule has 2 aromatic heterocycles. The van der Waals surface area contributed by atoms with Gasteiger partial charge in [0.25, 0.3) is 0 Å². The van der Waals surface area contributed by atoms with Gasteiger partial charge in [0.1, 0.15) is 43.1 Å². The molecule has 0 saturated heterocycles. The lowest BCUT2D eigenvalue weighted by molar-refractivity contribution is 0.273. The largest absolute Gasteiger partial charge is 0.465 e. The Kier molecular flexibility index (Phi) is 5.52. The molecule has 0 radical (unpaired) electrons. The molecule has 0 amide bonds. The number of allylic oxidation sites excluding steroid dienone is 4. The van der Waals surface area contributed by atoms with Gasteiger partial charge < -0.3 is 14.8 Å². The van der Waals surface area contributed by atoms with Gasteiger partial charge in [0, 0.05) is 23.1 Å². The van der Waals surface area contributed by atoms with Gasteiger partial charge >= 0.3 is 0 Å². The minimum Gasteiger partial charge on any atom is -0.465 e. The number of aromatic nitrogens is 5. The van der Waals surface area contributed by atoms with Crippen LogP contribution in [0, 0.1) is 0 Å². The molecule has 35 heavy (non-hydrogen) atoms. The molecule has 0 spiro atoms. The fraction of sp³-hybridized carbons (Fsp3) is 0.111. The summed E-state index contributed by atoms with van der Waals surface area (Å²) in [5.41, 5.74) is 4.87. The highest BCUT2D eigenvalue weighted by atomic mass is 16.5. The lowest BCUT2D eigenvalue weighted by Gasteiger charge is -2.19. The van der Waals surface area contributed by atoms with E-state index in [-0.39, 0.29) is 0 Å². The number of hydrogen-bond donors (Lipinski definition) is 1. The summed E-state index contributed by atoms with van der Waals surface area (Å²) in [6.07, 6.45) is 17.3. The number of fused-ring (bicyclic) bond motifs is 1. The van der Waals surface area contributed by atoms with Crippen LogP contribution in [0.15, 0.2) is 104 Å². The van der Waals surface area contributed by atoms with Crippen LogP contribution < -0.4 is 5.32 Å². The molecule has 6 rings (SSSR count). The van der Waals surface area contributed by atoms with Crippen LogP contribution in [0.2, 0.25) is 0 Å². The molecule has 4 aromatic rings. The van der Waals surface area contributed by atoms with Gasteiger partial charge in [-0.1, -0.05) is 23.8 Å². The molecule has 1 N–H and O–H groups in total. The molecular formula is C27H22N6O2. The number of benzene rings is 2. The summed E-state index contributed by atoms with van der Waals surface area (Å²) in [5.74, 6) is 2.15. The lowest BCUT2D eigenvalue weighted by Crippen LogP contribution is -2.02. The van der Waals surface area contributed by atoms with Crippen LogP contribution >= 0.6 is 0 Å². The normalized spacial score (nSPS) is 15.0. The molecule has 1 aliphatic carbocycles. The Morgan fingerprint density at radius 2 is 1.94 bits per heavy atom. The predicted molar refractivity (Wildman–Crippen MR) is 133 cm³/mol. The number of rotatable bonds is 6. The van der Waals surface area contributed by atoms with E-state index in [1.54, 1.807) is 29.9 Å². The Labute approximate surface area is 202 Å². The third kappa shape index (κ3) is 4.54. The lowest BCUT2D eigenvalue weighted by atomic mass is 10.0.